The molecule has 1 fully saturated rings. The molecule has 41 valence electrons. The lowest BCUT2D eigenvalue weighted by Crippen LogP contribution is -2.06. The average Bonchev–Trinajstić information content (AvgIpc) is 1.87. The van der Waals surface area contributed by atoms with Crippen molar-refractivity contribution in [1.29, 1.82) is 0 Å². The van der Waals surface area contributed by atoms with E-state index in [-0.39, 0.29) is 6.10 Å². The molecule has 2 atom stereocenters. The maximum absolute atomic E-state index is 8.42. The highest BCUT2D eigenvalue weighted by Gasteiger charge is 2.18. The predicted octanol–water partition coefficient (Wildman–Crippen LogP) is -0.488. The second-order valence-electron chi connectivity index (χ2n) is 1.40. The fourth-order valence-electron chi connectivity index (χ4n) is 0.433. The Morgan fingerprint density at radius 2 is 2.43 bits per heavy atom. The minimum absolute atomic E-state index is 0.199. The Morgan fingerprint density at radius 1 is 1.71 bits per heavy atom. The van der Waals surface area contributed by atoms with Gasteiger partial charge in [-0.25, -0.2) is 0 Å². The number of aliphatic hydroxyl groups excluding tert-OH is 1. The third-order valence-electron chi connectivity index (χ3n) is 0.734. The maximum atomic E-state index is 8.42. The van der Waals surface area contributed by atoms with Crippen LogP contribution in [0.4, 0.5) is 0 Å². The van der Waals surface area contributed by atoms with Crippen molar-refractivity contribution in [2.45, 2.75) is 12.6 Å². The molecule has 0 aliphatic carbocycles. The van der Waals surface area contributed by atoms with Gasteiger partial charge in [0.15, 0.2) is 0 Å². The Bertz CT molecular complexity index is 56.0. The third kappa shape index (κ3) is 1.12. The van der Waals surface area contributed by atoms with Crippen LogP contribution in [0.5, 0.6) is 0 Å². The number of ether oxygens (including phenoxy) is 2. The largest absolute Gasteiger partial charge is 0.346 e. The first kappa shape index (κ1) is 5.03. The summed E-state index contributed by atoms with van der Waals surface area (Å²) >= 11 is 0. The van der Waals surface area contributed by atoms with Crippen LogP contribution in [0.15, 0.2) is 0 Å². The summed E-state index contributed by atoms with van der Waals surface area (Å²) in [5, 5.41) is 8.42. The Balaban J connectivity index is 2.26. The van der Waals surface area contributed by atoms with Crippen LogP contribution in [-0.2, 0) is 9.47 Å². The van der Waals surface area contributed by atoms with Crippen LogP contribution in [-0.4, -0.2) is 24.3 Å². The van der Waals surface area contributed by atoms with Gasteiger partial charge in [0.25, 0.3) is 6.48 Å². The van der Waals surface area contributed by atoms with Gasteiger partial charge < -0.3 is 14.6 Å². The molecular weight excluding hydrogens is 96.0 g/mol. The zero-order valence-electron chi connectivity index (χ0n) is 3.83. The summed E-state index contributed by atoms with van der Waals surface area (Å²) in [5.41, 5.74) is 0. The molecule has 3 heteroatoms. The Hall–Kier alpha value is -0.120. The summed E-state index contributed by atoms with van der Waals surface area (Å²) in [6.45, 7) is 2.83. The summed E-state index contributed by atoms with van der Waals surface area (Å²) in [5.74, 6) is 0. The van der Waals surface area contributed by atoms with E-state index in [1.807, 2.05) is 0 Å². The first-order chi connectivity index (χ1) is 3.29. The van der Waals surface area contributed by atoms with Crippen LogP contribution in [0.1, 0.15) is 0 Å². The van der Waals surface area contributed by atoms with E-state index < -0.39 is 6.48 Å². The lowest BCUT2D eigenvalue weighted by atomic mass is 10.5. The van der Waals surface area contributed by atoms with Crippen molar-refractivity contribution in [2.75, 3.05) is 6.61 Å². The standard InChI is InChI=1S/C4H7O3/c1-3-2-6-4(5)7-3/h3-5H,1-2H2. The van der Waals surface area contributed by atoms with Crippen molar-refractivity contribution in [3.63, 3.8) is 0 Å². The second kappa shape index (κ2) is 1.78. The first-order valence-electron chi connectivity index (χ1n) is 2.07. The summed E-state index contributed by atoms with van der Waals surface area (Å²) in [7, 11) is 0. The van der Waals surface area contributed by atoms with Gasteiger partial charge in [0.05, 0.1) is 12.7 Å². The molecule has 2 unspecified atom stereocenters. The van der Waals surface area contributed by atoms with Crippen molar-refractivity contribution < 1.29 is 14.6 Å². The second-order valence-corrected chi connectivity index (χ2v) is 1.40. The van der Waals surface area contributed by atoms with E-state index in [1.165, 1.54) is 0 Å². The molecule has 1 aliphatic rings. The predicted molar refractivity (Wildman–Crippen MR) is 22.2 cm³/mol. The molecule has 7 heavy (non-hydrogen) atoms. The van der Waals surface area contributed by atoms with Crippen LogP contribution in [0, 0.1) is 6.92 Å². The van der Waals surface area contributed by atoms with Crippen LogP contribution in [0.2, 0.25) is 0 Å². The topological polar surface area (TPSA) is 38.7 Å². The number of hydrogen-bond acceptors (Lipinski definition) is 3. The maximum Gasteiger partial charge on any atom is 0.269 e. The van der Waals surface area contributed by atoms with E-state index in [9.17, 15) is 0 Å². The number of rotatable bonds is 0. The molecule has 1 aliphatic heterocycles. The minimum Gasteiger partial charge on any atom is -0.346 e. The van der Waals surface area contributed by atoms with Gasteiger partial charge in [0.1, 0.15) is 0 Å². The van der Waals surface area contributed by atoms with Crippen LogP contribution >= 0.6 is 0 Å². The first-order valence-corrected chi connectivity index (χ1v) is 2.07. The van der Waals surface area contributed by atoms with Gasteiger partial charge >= 0.3 is 0 Å². The van der Waals surface area contributed by atoms with Crippen molar-refractivity contribution in [3.8, 4) is 0 Å². The third-order valence-corrected chi connectivity index (χ3v) is 0.734. The monoisotopic (exact) mass is 103 g/mol. The smallest absolute Gasteiger partial charge is 0.269 e. The van der Waals surface area contributed by atoms with Crippen molar-refractivity contribution >= 4 is 0 Å². The van der Waals surface area contributed by atoms with Gasteiger partial charge in [-0.05, 0) is 6.92 Å². The van der Waals surface area contributed by atoms with Crippen LogP contribution in [0.3, 0.4) is 0 Å². The summed E-state index contributed by atoms with van der Waals surface area (Å²) in [6.07, 6.45) is -0.199. The zero-order valence-corrected chi connectivity index (χ0v) is 3.83. The SMILES string of the molecule is [CH2]C1COC(O)O1. The van der Waals surface area contributed by atoms with E-state index in [4.69, 9.17) is 5.11 Å². The normalized spacial score (nSPS) is 42.0. The summed E-state index contributed by atoms with van der Waals surface area (Å²) < 4.78 is 9.12. The molecule has 1 saturated heterocycles. The number of aliphatic hydroxyl groups is 1. The highest BCUT2D eigenvalue weighted by Crippen LogP contribution is 2.05. The molecule has 3 nitrogen and oxygen atoms in total. The van der Waals surface area contributed by atoms with Crippen molar-refractivity contribution in [2.24, 2.45) is 0 Å². The molecule has 1 radical (unpaired) electrons. The molecule has 0 aromatic rings. The molecule has 0 amide bonds. The molecule has 0 aromatic heterocycles. The Morgan fingerprint density at radius 3 is 2.57 bits per heavy atom. The fraction of sp³-hybridized carbons (Fsp3) is 0.750. The molecule has 0 spiro atoms. The van der Waals surface area contributed by atoms with E-state index in [2.05, 4.69) is 16.4 Å². The molecule has 1 N–H and O–H groups in total. The van der Waals surface area contributed by atoms with Gasteiger partial charge in [0.2, 0.25) is 0 Å². The van der Waals surface area contributed by atoms with Crippen LogP contribution < -0.4 is 0 Å². The van der Waals surface area contributed by atoms with E-state index in [1.54, 1.807) is 0 Å². The van der Waals surface area contributed by atoms with E-state index >= 15 is 0 Å². The Labute approximate surface area is 41.8 Å². The quantitative estimate of drug-likeness (QED) is 0.449. The Kier molecular flexibility index (Phi) is 1.27. The average molecular weight is 103 g/mol. The molecule has 0 aromatic carbocycles. The highest BCUT2D eigenvalue weighted by atomic mass is 16.8. The highest BCUT2D eigenvalue weighted by molar-refractivity contribution is 4.61. The molecule has 1 heterocycles. The van der Waals surface area contributed by atoms with Crippen LogP contribution in [0.25, 0.3) is 0 Å². The molecule has 1 rings (SSSR count). The van der Waals surface area contributed by atoms with Gasteiger partial charge in [-0.1, -0.05) is 0 Å². The summed E-state index contributed by atoms with van der Waals surface area (Å²) in [4.78, 5) is 0. The van der Waals surface area contributed by atoms with Crippen molar-refractivity contribution in [3.05, 3.63) is 6.92 Å². The van der Waals surface area contributed by atoms with Gasteiger partial charge in [-0.3, -0.25) is 0 Å². The summed E-state index contributed by atoms with van der Waals surface area (Å²) in [6, 6.07) is 0. The van der Waals surface area contributed by atoms with Gasteiger partial charge in [0, 0.05) is 0 Å². The minimum atomic E-state index is -1.04. The fourth-order valence-corrected chi connectivity index (χ4v) is 0.433. The van der Waals surface area contributed by atoms with E-state index in [0.29, 0.717) is 6.61 Å². The lowest BCUT2D eigenvalue weighted by molar-refractivity contribution is -0.200. The molecule has 0 saturated carbocycles. The van der Waals surface area contributed by atoms with Gasteiger partial charge in [-0.2, -0.15) is 0 Å². The molecular formula is C4H7O3. The lowest BCUT2D eigenvalue weighted by Gasteiger charge is -1.97. The van der Waals surface area contributed by atoms with Crippen molar-refractivity contribution in [1.82, 2.24) is 0 Å². The number of hydrogen-bond donors (Lipinski definition) is 1. The van der Waals surface area contributed by atoms with E-state index in [0.717, 1.165) is 0 Å². The molecule has 0 bridgehead atoms. The van der Waals surface area contributed by atoms with Gasteiger partial charge in [-0.15, -0.1) is 0 Å². The zero-order chi connectivity index (χ0) is 5.28.